The van der Waals surface area contributed by atoms with Crippen LogP contribution in [0.1, 0.15) is 21.7 Å². The summed E-state index contributed by atoms with van der Waals surface area (Å²) in [4.78, 5) is 10.2. The van der Waals surface area contributed by atoms with E-state index in [-0.39, 0.29) is 6.61 Å². The molecule has 0 fully saturated rings. The van der Waals surface area contributed by atoms with Gasteiger partial charge in [0.25, 0.3) is 0 Å². The van der Waals surface area contributed by atoms with Crippen LogP contribution in [0.3, 0.4) is 0 Å². The topological polar surface area (TPSA) is 91.9 Å². The summed E-state index contributed by atoms with van der Waals surface area (Å²) in [5, 5.41) is 21.4. The Bertz CT molecular complexity index is 878. The minimum atomic E-state index is -0.879. The number of aliphatic hydroxyl groups excluding tert-OH is 1. The van der Waals surface area contributed by atoms with E-state index in [1.54, 1.807) is 36.6 Å². The number of hydrogen-bond donors (Lipinski definition) is 3. The molecule has 3 N–H and O–H groups in total. The van der Waals surface area contributed by atoms with Crippen LogP contribution in [0.4, 0.5) is 0 Å². The van der Waals surface area contributed by atoms with Gasteiger partial charge < -0.3 is 24.7 Å². The summed E-state index contributed by atoms with van der Waals surface area (Å²) in [6, 6.07) is 19.8. The van der Waals surface area contributed by atoms with Gasteiger partial charge in [-0.05, 0) is 42.3 Å². The molecule has 0 saturated carbocycles. The highest BCUT2D eigenvalue weighted by molar-refractivity contribution is 5.87. The van der Waals surface area contributed by atoms with Crippen molar-refractivity contribution >= 4 is 5.97 Å². The highest BCUT2D eigenvalue weighted by atomic mass is 16.5. The molecule has 6 nitrogen and oxygen atoms in total. The molecular formula is C24H27NO5. The van der Waals surface area contributed by atoms with E-state index in [9.17, 15) is 9.90 Å². The van der Waals surface area contributed by atoms with Crippen molar-refractivity contribution in [2.24, 2.45) is 0 Å². The summed E-state index contributed by atoms with van der Waals surface area (Å²) >= 11 is 0. The van der Waals surface area contributed by atoms with E-state index < -0.39 is 12.1 Å². The molecule has 2 aromatic carbocycles. The second-order valence-corrected chi connectivity index (χ2v) is 6.45. The van der Waals surface area contributed by atoms with Crippen LogP contribution in [0.5, 0.6) is 5.75 Å². The third-order valence-corrected chi connectivity index (χ3v) is 4.05. The van der Waals surface area contributed by atoms with Gasteiger partial charge in [-0.2, -0.15) is 0 Å². The first-order valence-electron chi connectivity index (χ1n) is 9.61. The Balaban J connectivity index is 0.000000297. The van der Waals surface area contributed by atoms with Crippen molar-refractivity contribution < 1.29 is 24.2 Å². The standard InChI is InChI=1S/C17H21NO3.C7H6O2/c1-2-6-14-7-3-4-9-17(14)21-13-15(19)11-18-12-16-8-5-10-20-16;8-7(9)6-4-2-1-3-5-6/h2-5,7-10,15,18-19H,1,6,11-13H2;1-5H,(H,8,9). The van der Waals surface area contributed by atoms with Gasteiger partial charge >= 0.3 is 5.97 Å². The molecule has 1 atom stereocenters. The number of aliphatic hydroxyl groups is 1. The van der Waals surface area contributed by atoms with Gasteiger partial charge in [0.1, 0.15) is 24.2 Å². The molecule has 1 aromatic heterocycles. The van der Waals surface area contributed by atoms with Gasteiger partial charge in [-0.3, -0.25) is 0 Å². The van der Waals surface area contributed by atoms with Crippen molar-refractivity contribution in [3.63, 3.8) is 0 Å². The van der Waals surface area contributed by atoms with Gasteiger partial charge in [0.05, 0.1) is 18.4 Å². The molecule has 0 aliphatic carbocycles. The molecule has 158 valence electrons. The molecule has 6 heteroatoms. The summed E-state index contributed by atoms with van der Waals surface area (Å²) in [6.45, 7) is 5.03. The Hall–Kier alpha value is -3.35. The number of para-hydroxylation sites is 1. The van der Waals surface area contributed by atoms with Gasteiger partial charge in [0.2, 0.25) is 0 Å². The molecule has 0 aliphatic heterocycles. The smallest absolute Gasteiger partial charge is 0.335 e. The second kappa shape index (κ2) is 13.0. The summed E-state index contributed by atoms with van der Waals surface area (Å²) in [7, 11) is 0. The number of rotatable bonds is 10. The predicted octanol–water partition coefficient (Wildman–Crippen LogP) is 3.92. The second-order valence-electron chi connectivity index (χ2n) is 6.45. The molecule has 30 heavy (non-hydrogen) atoms. The third kappa shape index (κ3) is 8.34. The quantitative estimate of drug-likeness (QED) is 0.440. The zero-order chi connectivity index (χ0) is 21.6. The maximum absolute atomic E-state index is 10.2. The summed E-state index contributed by atoms with van der Waals surface area (Å²) in [6.07, 6.45) is 3.65. The Kier molecular flexibility index (Phi) is 9.92. The van der Waals surface area contributed by atoms with Crippen LogP contribution in [0, 0.1) is 0 Å². The highest BCUT2D eigenvalue weighted by Crippen LogP contribution is 2.18. The third-order valence-electron chi connectivity index (χ3n) is 4.05. The normalized spacial score (nSPS) is 11.1. The summed E-state index contributed by atoms with van der Waals surface area (Å²) < 4.78 is 10.9. The van der Waals surface area contributed by atoms with Gasteiger partial charge in [-0.15, -0.1) is 6.58 Å². The Morgan fingerprint density at radius 2 is 1.83 bits per heavy atom. The molecule has 0 aliphatic rings. The number of carboxylic acids is 1. The number of ether oxygens (including phenoxy) is 1. The fraction of sp³-hybridized carbons (Fsp3) is 0.208. The fourth-order valence-corrected chi connectivity index (χ4v) is 2.57. The fourth-order valence-electron chi connectivity index (χ4n) is 2.57. The van der Waals surface area contributed by atoms with Crippen molar-refractivity contribution in [3.05, 3.63) is 103 Å². The summed E-state index contributed by atoms with van der Waals surface area (Å²) in [5.41, 5.74) is 1.40. The average Bonchev–Trinajstić information content (AvgIpc) is 3.28. The highest BCUT2D eigenvalue weighted by Gasteiger charge is 2.07. The van der Waals surface area contributed by atoms with Crippen LogP contribution in [0.2, 0.25) is 0 Å². The van der Waals surface area contributed by atoms with Crippen LogP contribution < -0.4 is 10.1 Å². The molecule has 0 bridgehead atoms. The zero-order valence-corrected chi connectivity index (χ0v) is 16.7. The summed E-state index contributed by atoms with van der Waals surface area (Å²) in [5.74, 6) is 0.762. The minimum absolute atomic E-state index is 0.249. The number of carboxylic acid groups (broad SMARTS) is 1. The van der Waals surface area contributed by atoms with Crippen molar-refractivity contribution in [3.8, 4) is 5.75 Å². The van der Waals surface area contributed by atoms with Crippen LogP contribution in [-0.4, -0.2) is 35.4 Å². The first-order valence-corrected chi connectivity index (χ1v) is 9.61. The van der Waals surface area contributed by atoms with E-state index in [1.807, 2.05) is 42.5 Å². The van der Waals surface area contributed by atoms with Crippen molar-refractivity contribution in [1.82, 2.24) is 5.32 Å². The number of carbonyl (C=O) groups is 1. The predicted molar refractivity (Wildman–Crippen MR) is 116 cm³/mol. The molecule has 1 heterocycles. The number of allylic oxidation sites excluding steroid dienone is 1. The van der Waals surface area contributed by atoms with E-state index in [0.29, 0.717) is 18.7 Å². The first kappa shape index (κ1) is 22.9. The largest absolute Gasteiger partial charge is 0.491 e. The molecule has 0 spiro atoms. The van der Waals surface area contributed by atoms with Crippen molar-refractivity contribution in [2.75, 3.05) is 13.2 Å². The van der Waals surface area contributed by atoms with Crippen LogP contribution in [0.15, 0.2) is 90.1 Å². The lowest BCUT2D eigenvalue weighted by molar-refractivity contribution is 0.0697. The van der Waals surface area contributed by atoms with E-state index in [1.165, 1.54) is 0 Å². The maximum atomic E-state index is 10.2. The lowest BCUT2D eigenvalue weighted by Gasteiger charge is -2.14. The lowest BCUT2D eigenvalue weighted by atomic mass is 10.1. The van der Waals surface area contributed by atoms with Gasteiger partial charge in [-0.1, -0.05) is 42.5 Å². The molecular weight excluding hydrogens is 382 g/mol. The Morgan fingerprint density at radius 1 is 1.10 bits per heavy atom. The monoisotopic (exact) mass is 409 g/mol. The number of benzene rings is 2. The molecule has 3 rings (SSSR count). The number of nitrogens with one attached hydrogen (secondary N) is 1. The zero-order valence-electron chi connectivity index (χ0n) is 16.7. The minimum Gasteiger partial charge on any atom is -0.491 e. The van der Waals surface area contributed by atoms with Crippen LogP contribution in [-0.2, 0) is 13.0 Å². The maximum Gasteiger partial charge on any atom is 0.335 e. The van der Waals surface area contributed by atoms with E-state index in [4.69, 9.17) is 14.3 Å². The van der Waals surface area contributed by atoms with Crippen LogP contribution >= 0.6 is 0 Å². The number of hydrogen-bond acceptors (Lipinski definition) is 5. The first-order chi connectivity index (χ1) is 14.6. The van der Waals surface area contributed by atoms with Gasteiger partial charge in [-0.25, -0.2) is 4.79 Å². The molecule has 3 aromatic rings. The number of furan rings is 1. The van der Waals surface area contributed by atoms with Gasteiger partial charge in [0.15, 0.2) is 0 Å². The van der Waals surface area contributed by atoms with E-state index in [0.717, 1.165) is 23.5 Å². The average molecular weight is 409 g/mol. The van der Waals surface area contributed by atoms with Gasteiger partial charge in [0, 0.05) is 6.54 Å². The van der Waals surface area contributed by atoms with E-state index >= 15 is 0 Å². The van der Waals surface area contributed by atoms with Crippen molar-refractivity contribution in [1.29, 1.82) is 0 Å². The molecule has 0 radical (unpaired) electrons. The number of aromatic carboxylic acids is 1. The Labute approximate surface area is 176 Å². The van der Waals surface area contributed by atoms with Crippen LogP contribution in [0.25, 0.3) is 0 Å². The molecule has 0 amide bonds. The SMILES string of the molecule is C=CCc1ccccc1OCC(O)CNCc1ccco1.O=C(O)c1ccccc1. The Morgan fingerprint density at radius 3 is 2.47 bits per heavy atom. The lowest BCUT2D eigenvalue weighted by Crippen LogP contribution is -2.31. The van der Waals surface area contributed by atoms with Crippen molar-refractivity contribution in [2.45, 2.75) is 19.1 Å². The molecule has 1 unspecified atom stereocenters. The van der Waals surface area contributed by atoms with E-state index in [2.05, 4.69) is 11.9 Å². The molecule has 0 saturated heterocycles.